The summed E-state index contributed by atoms with van der Waals surface area (Å²) in [6.45, 7) is 0.704. The lowest BCUT2D eigenvalue weighted by Crippen LogP contribution is -2.44. The highest BCUT2D eigenvalue weighted by molar-refractivity contribution is 7.91. The maximum Gasteiger partial charge on any atom is 0.253 e. The van der Waals surface area contributed by atoms with Gasteiger partial charge >= 0.3 is 0 Å². The van der Waals surface area contributed by atoms with Crippen LogP contribution in [0.25, 0.3) is 0 Å². The Labute approximate surface area is 116 Å². The molecule has 0 bridgehead atoms. The fourth-order valence-electron chi connectivity index (χ4n) is 2.18. The van der Waals surface area contributed by atoms with E-state index < -0.39 is 16.1 Å². The zero-order valence-corrected chi connectivity index (χ0v) is 12.3. The molecule has 0 aromatic carbocycles. The molecule has 1 atom stereocenters. The molecule has 1 aliphatic heterocycles. The first-order chi connectivity index (χ1) is 9.00. The van der Waals surface area contributed by atoms with Crippen LogP contribution in [0.1, 0.15) is 17.7 Å². The summed E-state index contributed by atoms with van der Waals surface area (Å²) in [6.07, 6.45) is 1.26. The molecule has 1 fully saturated rings. The summed E-state index contributed by atoms with van der Waals surface area (Å²) in [4.78, 5) is 12.5. The van der Waals surface area contributed by atoms with E-state index in [1.165, 1.54) is 11.4 Å². The summed E-state index contributed by atoms with van der Waals surface area (Å²) in [7, 11) is -2.08. The number of amides is 1. The monoisotopic (exact) mass is 303 g/mol. The van der Waals surface area contributed by atoms with Crippen LogP contribution in [0.3, 0.4) is 0 Å². The van der Waals surface area contributed by atoms with E-state index in [0.29, 0.717) is 25.9 Å². The molecule has 0 aliphatic carbocycles. The average molecular weight is 303 g/mol. The van der Waals surface area contributed by atoms with Crippen LogP contribution < -0.4 is 11.1 Å². The summed E-state index contributed by atoms with van der Waals surface area (Å²) in [5.74, 6) is -0.253. The fraction of sp³-hybridized carbons (Fsp3) is 0.545. The van der Waals surface area contributed by atoms with Gasteiger partial charge in [0.15, 0.2) is 0 Å². The topological polar surface area (TPSA) is 92.5 Å². The summed E-state index contributed by atoms with van der Waals surface area (Å²) in [6, 6.07) is 2.67. The summed E-state index contributed by atoms with van der Waals surface area (Å²) in [5, 5.41) is 2.52. The molecule has 1 unspecified atom stereocenters. The Bertz CT molecular complexity index is 567. The maximum absolute atomic E-state index is 12.5. The van der Waals surface area contributed by atoms with Crippen LogP contribution >= 0.6 is 11.3 Å². The van der Waals surface area contributed by atoms with E-state index >= 15 is 0 Å². The molecule has 0 spiro atoms. The number of rotatable bonds is 4. The summed E-state index contributed by atoms with van der Waals surface area (Å²) in [5.41, 5.74) is 5.49. The molecular weight excluding hydrogens is 286 g/mol. The van der Waals surface area contributed by atoms with Crippen LogP contribution in [0.15, 0.2) is 16.3 Å². The van der Waals surface area contributed by atoms with Crippen molar-refractivity contribution in [2.45, 2.75) is 29.6 Å². The SMILES string of the molecule is CNC(=O)C1CCCN1S(=O)(=O)c1ccc(CN)s1. The highest BCUT2D eigenvalue weighted by Gasteiger charge is 2.39. The van der Waals surface area contributed by atoms with Crippen LogP contribution in [0.4, 0.5) is 0 Å². The number of nitrogens with two attached hydrogens (primary N) is 1. The Balaban J connectivity index is 2.30. The van der Waals surface area contributed by atoms with Crippen molar-refractivity contribution in [2.75, 3.05) is 13.6 Å². The van der Waals surface area contributed by atoms with Gasteiger partial charge in [0.05, 0.1) is 0 Å². The van der Waals surface area contributed by atoms with Gasteiger partial charge in [-0.2, -0.15) is 4.31 Å². The van der Waals surface area contributed by atoms with E-state index in [1.54, 1.807) is 12.1 Å². The molecule has 2 heterocycles. The largest absolute Gasteiger partial charge is 0.358 e. The number of carbonyl (C=O) groups is 1. The Hall–Kier alpha value is -0.960. The summed E-state index contributed by atoms with van der Waals surface area (Å²) >= 11 is 1.16. The van der Waals surface area contributed by atoms with Crippen molar-refractivity contribution in [3.63, 3.8) is 0 Å². The number of carbonyl (C=O) groups excluding carboxylic acids is 1. The van der Waals surface area contributed by atoms with Gasteiger partial charge in [-0.1, -0.05) is 0 Å². The highest BCUT2D eigenvalue weighted by atomic mass is 32.2. The van der Waals surface area contributed by atoms with Crippen LogP contribution in [0.2, 0.25) is 0 Å². The molecule has 19 heavy (non-hydrogen) atoms. The Morgan fingerprint density at radius 3 is 2.89 bits per heavy atom. The Kier molecular flexibility index (Phi) is 4.24. The first-order valence-corrected chi connectivity index (χ1v) is 8.28. The maximum atomic E-state index is 12.5. The van der Waals surface area contributed by atoms with E-state index in [2.05, 4.69) is 5.32 Å². The standard InChI is InChI=1S/C11H17N3O3S2/c1-13-11(15)9-3-2-6-14(9)19(16,17)10-5-4-8(7-12)18-10/h4-5,9H,2-3,6-7,12H2,1H3,(H,13,15). The van der Waals surface area contributed by atoms with Crippen molar-refractivity contribution < 1.29 is 13.2 Å². The molecule has 6 nitrogen and oxygen atoms in total. The number of nitrogens with one attached hydrogen (secondary N) is 1. The van der Waals surface area contributed by atoms with Crippen molar-refractivity contribution in [1.82, 2.24) is 9.62 Å². The second kappa shape index (κ2) is 5.58. The van der Waals surface area contributed by atoms with E-state index in [4.69, 9.17) is 5.73 Å². The van der Waals surface area contributed by atoms with Crippen molar-refractivity contribution in [3.05, 3.63) is 17.0 Å². The predicted molar refractivity (Wildman–Crippen MR) is 73.2 cm³/mol. The van der Waals surface area contributed by atoms with Gasteiger partial charge in [0, 0.05) is 25.0 Å². The van der Waals surface area contributed by atoms with Crippen molar-refractivity contribution in [1.29, 1.82) is 0 Å². The molecule has 2 rings (SSSR count). The lowest BCUT2D eigenvalue weighted by atomic mass is 10.2. The van der Waals surface area contributed by atoms with E-state index in [1.807, 2.05) is 0 Å². The lowest BCUT2D eigenvalue weighted by molar-refractivity contribution is -0.123. The first-order valence-electron chi connectivity index (χ1n) is 6.03. The molecule has 8 heteroatoms. The predicted octanol–water partition coefficient (Wildman–Crippen LogP) is 0.106. The minimum absolute atomic E-state index is 0.253. The van der Waals surface area contributed by atoms with Gasteiger partial charge in [0.2, 0.25) is 5.91 Å². The number of hydrogen-bond acceptors (Lipinski definition) is 5. The molecule has 3 N–H and O–H groups in total. The number of sulfonamides is 1. The van der Waals surface area contributed by atoms with E-state index in [9.17, 15) is 13.2 Å². The molecule has 1 aromatic heterocycles. The number of likely N-dealkylation sites (N-methyl/N-ethyl adjacent to an activating group) is 1. The Morgan fingerprint density at radius 1 is 1.58 bits per heavy atom. The third-order valence-electron chi connectivity index (χ3n) is 3.15. The Morgan fingerprint density at radius 2 is 2.32 bits per heavy atom. The zero-order chi connectivity index (χ0) is 14.0. The third-order valence-corrected chi connectivity index (χ3v) is 6.64. The van der Waals surface area contributed by atoms with E-state index in [-0.39, 0.29) is 10.1 Å². The van der Waals surface area contributed by atoms with Crippen molar-refractivity contribution >= 4 is 27.3 Å². The lowest BCUT2D eigenvalue weighted by Gasteiger charge is -2.21. The van der Waals surface area contributed by atoms with Gasteiger partial charge in [-0.25, -0.2) is 8.42 Å². The van der Waals surface area contributed by atoms with Gasteiger partial charge in [0.1, 0.15) is 10.3 Å². The highest BCUT2D eigenvalue weighted by Crippen LogP contribution is 2.30. The molecule has 1 saturated heterocycles. The molecule has 106 valence electrons. The van der Waals surface area contributed by atoms with Crippen LogP contribution in [0.5, 0.6) is 0 Å². The smallest absolute Gasteiger partial charge is 0.253 e. The normalized spacial score (nSPS) is 20.6. The molecule has 1 aliphatic rings. The molecule has 1 amide bonds. The minimum Gasteiger partial charge on any atom is -0.358 e. The van der Waals surface area contributed by atoms with Gasteiger partial charge in [-0.05, 0) is 25.0 Å². The first kappa shape index (κ1) is 14.4. The molecule has 1 aromatic rings. The van der Waals surface area contributed by atoms with Crippen LogP contribution in [-0.2, 0) is 21.4 Å². The number of nitrogens with zero attached hydrogens (tertiary/aromatic N) is 1. The summed E-state index contributed by atoms with van der Waals surface area (Å²) < 4.78 is 26.6. The quantitative estimate of drug-likeness (QED) is 0.825. The second-order valence-electron chi connectivity index (χ2n) is 4.31. The van der Waals surface area contributed by atoms with E-state index in [0.717, 1.165) is 16.2 Å². The van der Waals surface area contributed by atoms with Gasteiger partial charge < -0.3 is 11.1 Å². The van der Waals surface area contributed by atoms with Crippen molar-refractivity contribution in [3.8, 4) is 0 Å². The average Bonchev–Trinajstić information content (AvgIpc) is 3.06. The molecular formula is C11H17N3O3S2. The third kappa shape index (κ3) is 2.66. The number of thiophene rings is 1. The second-order valence-corrected chi connectivity index (χ2v) is 7.60. The van der Waals surface area contributed by atoms with Crippen LogP contribution in [-0.4, -0.2) is 38.3 Å². The molecule has 0 saturated carbocycles. The zero-order valence-electron chi connectivity index (χ0n) is 10.6. The number of hydrogen-bond donors (Lipinski definition) is 2. The minimum atomic E-state index is -3.60. The van der Waals surface area contributed by atoms with Crippen LogP contribution in [0, 0.1) is 0 Å². The van der Waals surface area contributed by atoms with Gasteiger partial charge in [-0.15, -0.1) is 11.3 Å². The van der Waals surface area contributed by atoms with Gasteiger partial charge in [-0.3, -0.25) is 4.79 Å². The fourth-order valence-corrected chi connectivity index (χ4v) is 5.20. The van der Waals surface area contributed by atoms with Gasteiger partial charge in [0.25, 0.3) is 10.0 Å². The molecule has 0 radical (unpaired) electrons. The van der Waals surface area contributed by atoms with Crippen molar-refractivity contribution in [2.24, 2.45) is 5.73 Å².